The fraction of sp³-hybridized carbons (Fsp3) is 0.0833. The molecule has 0 saturated heterocycles. The number of ketones is 2. The second kappa shape index (κ2) is 9.16. The molecule has 28 heavy (non-hydrogen) atoms. The van der Waals surface area contributed by atoms with Gasteiger partial charge in [-0.2, -0.15) is 0 Å². The van der Waals surface area contributed by atoms with Crippen LogP contribution in [-0.2, 0) is 6.42 Å². The molecule has 0 spiro atoms. The SMILES string of the molecule is CCc1ccc(C(=O)/C=C\Nc2cc(Cl)ccc2C(=O)c2ccccc2)cc1. The molecule has 4 heteroatoms. The van der Waals surface area contributed by atoms with Crippen molar-refractivity contribution in [2.24, 2.45) is 0 Å². The molecule has 3 aromatic rings. The van der Waals surface area contributed by atoms with Gasteiger partial charge >= 0.3 is 0 Å². The third-order valence-corrected chi connectivity index (χ3v) is 4.62. The molecule has 0 aliphatic heterocycles. The predicted octanol–water partition coefficient (Wildman–Crippen LogP) is 5.94. The smallest absolute Gasteiger partial charge is 0.195 e. The molecule has 0 radical (unpaired) electrons. The van der Waals surface area contributed by atoms with E-state index in [1.165, 1.54) is 17.8 Å². The van der Waals surface area contributed by atoms with Gasteiger partial charge in [-0.25, -0.2) is 0 Å². The standard InChI is InChI=1S/C24H20ClNO2/c1-2-17-8-10-18(11-9-17)23(27)14-15-26-22-16-20(25)12-13-21(22)24(28)19-6-4-3-5-7-19/h3-16,26H,2H2,1H3/b15-14-. The van der Waals surface area contributed by atoms with Gasteiger partial charge in [0, 0.05) is 34.0 Å². The Morgan fingerprint density at radius 1 is 0.929 bits per heavy atom. The molecule has 0 saturated carbocycles. The summed E-state index contributed by atoms with van der Waals surface area (Å²) in [5.74, 6) is -0.234. The summed E-state index contributed by atoms with van der Waals surface area (Å²) in [4.78, 5) is 25.1. The monoisotopic (exact) mass is 389 g/mol. The molecule has 0 bridgehead atoms. The molecule has 3 rings (SSSR count). The molecule has 0 aromatic heterocycles. The van der Waals surface area contributed by atoms with Crippen LogP contribution in [0, 0.1) is 0 Å². The molecule has 0 heterocycles. The summed E-state index contributed by atoms with van der Waals surface area (Å²) < 4.78 is 0. The highest BCUT2D eigenvalue weighted by atomic mass is 35.5. The Morgan fingerprint density at radius 3 is 2.32 bits per heavy atom. The minimum absolute atomic E-state index is 0.116. The van der Waals surface area contributed by atoms with E-state index in [0.29, 0.717) is 27.4 Å². The van der Waals surface area contributed by atoms with Gasteiger partial charge in [-0.15, -0.1) is 0 Å². The summed E-state index contributed by atoms with van der Waals surface area (Å²) in [7, 11) is 0. The lowest BCUT2D eigenvalue weighted by molar-refractivity contribution is 0.103. The normalized spacial score (nSPS) is 10.8. The average Bonchev–Trinajstić information content (AvgIpc) is 2.74. The highest BCUT2D eigenvalue weighted by molar-refractivity contribution is 6.31. The van der Waals surface area contributed by atoms with E-state index in [4.69, 9.17) is 11.6 Å². The van der Waals surface area contributed by atoms with Crippen LogP contribution >= 0.6 is 11.6 Å². The fourth-order valence-electron chi connectivity index (χ4n) is 2.79. The molecule has 0 atom stereocenters. The van der Waals surface area contributed by atoms with Gasteiger partial charge in [0.05, 0.1) is 5.69 Å². The molecular formula is C24H20ClNO2. The maximum atomic E-state index is 12.8. The van der Waals surface area contributed by atoms with Crippen LogP contribution in [0.5, 0.6) is 0 Å². The number of aryl methyl sites for hydroxylation is 1. The van der Waals surface area contributed by atoms with Crippen molar-refractivity contribution in [3.05, 3.63) is 112 Å². The lowest BCUT2D eigenvalue weighted by atomic mass is 10.0. The maximum Gasteiger partial charge on any atom is 0.195 e. The van der Waals surface area contributed by atoms with Gasteiger partial charge in [-0.3, -0.25) is 9.59 Å². The van der Waals surface area contributed by atoms with E-state index in [9.17, 15) is 9.59 Å². The predicted molar refractivity (Wildman–Crippen MR) is 114 cm³/mol. The molecule has 0 aliphatic rings. The van der Waals surface area contributed by atoms with Crippen molar-refractivity contribution in [1.82, 2.24) is 0 Å². The Balaban J connectivity index is 1.78. The Kier molecular flexibility index (Phi) is 6.41. The second-order valence-corrected chi connectivity index (χ2v) is 6.71. The van der Waals surface area contributed by atoms with E-state index in [2.05, 4.69) is 12.2 Å². The van der Waals surface area contributed by atoms with Gasteiger partial charge in [0.2, 0.25) is 0 Å². The summed E-state index contributed by atoms with van der Waals surface area (Å²) >= 11 is 6.09. The Labute approximate surface area is 169 Å². The van der Waals surface area contributed by atoms with Crippen LogP contribution in [0.15, 0.2) is 85.1 Å². The zero-order chi connectivity index (χ0) is 19.9. The summed E-state index contributed by atoms with van der Waals surface area (Å²) in [5, 5.41) is 3.52. The first kappa shape index (κ1) is 19.6. The van der Waals surface area contributed by atoms with E-state index in [1.54, 1.807) is 30.3 Å². The van der Waals surface area contributed by atoms with Crippen LogP contribution in [-0.4, -0.2) is 11.6 Å². The zero-order valence-corrected chi connectivity index (χ0v) is 16.2. The highest BCUT2D eigenvalue weighted by Gasteiger charge is 2.13. The number of benzene rings is 3. The number of anilines is 1. The topological polar surface area (TPSA) is 46.2 Å². The van der Waals surface area contributed by atoms with Gasteiger partial charge in [-0.1, -0.05) is 73.1 Å². The number of rotatable bonds is 7. The van der Waals surface area contributed by atoms with E-state index in [-0.39, 0.29) is 11.6 Å². The lowest BCUT2D eigenvalue weighted by Crippen LogP contribution is -2.05. The van der Waals surface area contributed by atoms with Crippen molar-refractivity contribution in [1.29, 1.82) is 0 Å². The summed E-state index contributed by atoms with van der Waals surface area (Å²) in [6.45, 7) is 2.07. The third kappa shape index (κ3) is 4.76. The van der Waals surface area contributed by atoms with Crippen LogP contribution < -0.4 is 5.32 Å². The molecule has 1 N–H and O–H groups in total. The van der Waals surface area contributed by atoms with E-state index < -0.39 is 0 Å². The maximum absolute atomic E-state index is 12.8. The van der Waals surface area contributed by atoms with Gasteiger partial charge < -0.3 is 5.32 Å². The minimum atomic E-state index is -0.117. The van der Waals surface area contributed by atoms with Crippen LogP contribution in [0.3, 0.4) is 0 Å². The van der Waals surface area contributed by atoms with Crippen LogP contribution in [0.25, 0.3) is 0 Å². The molecule has 3 aromatic carbocycles. The number of hydrogen-bond acceptors (Lipinski definition) is 3. The zero-order valence-electron chi connectivity index (χ0n) is 15.5. The van der Waals surface area contributed by atoms with Crippen molar-refractivity contribution in [2.75, 3.05) is 5.32 Å². The van der Waals surface area contributed by atoms with Gasteiger partial charge in [0.1, 0.15) is 0 Å². The quantitative estimate of drug-likeness (QED) is 0.401. The lowest BCUT2D eigenvalue weighted by Gasteiger charge is -2.09. The first-order valence-electron chi connectivity index (χ1n) is 9.04. The first-order chi connectivity index (χ1) is 13.6. The number of hydrogen-bond donors (Lipinski definition) is 1. The van der Waals surface area contributed by atoms with Crippen LogP contribution in [0.1, 0.15) is 38.8 Å². The van der Waals surface area contributed by atoms with Gasteiger partial charge in [-0.05, 0) is 30.2 Å². The average molecular weight is 390 g/mol. The van der Waals surface area contributed by atoms with Crippen LogP contribution in [0.2, 0.25) is 5.02 Å². The highest BCUT2D eigenvalue weighted by Crippen LogP contribution is 2.24. The minimum Gasteiger partial charge on any atom is -0.361 e. The van der Waals surface area contributed by atoms with Crippen molar-refractivity contribution < 1.29 is 9.59 Å². The van der Waals surface area contributed by atoms with Crippen molar-refractivity contribution in [3.63, 3.8) is 0 Å². The van der Waals surface area contributed by atoms with Crippen molar-refractivity contribution >= 4 is 28.9 Å². The van der Waals surface area contributed by atoms with E-state index >= 15 is 0 Å². The van der Waals surface area contributed by atoms with Gasteiger partial charge in [0.25, 0.3) is 0 Å². The fourth-order valence-corrected chi connectivity index (χ4v) is 2.96. The molecule has 3 nitrogen and oxygen atoms in total. The molecule has 140 valence electrons. The summed E-state index contributed by atoms with van der Waals surface area (Å²) in [6.07, 6.45) is 3.90. The number of allylic oxidation sites excluding steroid dienone is 1. The number of halogens is 1. The number of carbonyl (C=O) groups excluding carboxylic acids is 2. The van der Waals surface area contributed by atoms with Crippen molar-refractivity contribution in [3.8, 4) is 0 Å². The van der Waals surface area contributed by atoms with Crippen LogP contribution in [0.4, 0.5) is 5.69 Å². The summed E-state index contributed by atoms with van der Waals surface area (Å²) in [6, 6.07) is 21.6. The Morgan fingerprint density at radius 2 is 1.64 bits per heavy atom. The molecule has 0 fully saturated rings. The van der Waals surface area contributed by atoms with E-state index in [0.717, 1.165) is 6.42 Å². The second-order valence-electron chi connectivity index (χ2n) is 6.28. The van der Waals surface area contributed by atoms with E-state index in [1.807, 2.05) is 42.5 Å². The largest absolute Gasteiger partial charge is 0.361 e. The Hall–Kier alpha value is -3.17. The third-order valence-electron chi connectivity index (χ3n) is 4.38. The Bertz CT molecular complexity index is 1010. The molecule has 0 aliphatic carbocycles. The molecular weight excluding hydrogens is 370 g/mol. The number of nitrogens with one attached hydrogen (secondary N) is 1. The van der Waals surface area contributed by atoms with Gasteiger partial charge in [0.15, 0.2) is 11.6 Å². The molecule has 0 amide bonds. The summed E-state index contributed by atoms with van der Waals surface area (Å²) in [5.41, 5.74) is 3.42. The molecule has 0 unspecified atom stereocenters. The van der Waals surface area contributed by atoms with Crippen molar-refractivity contribution in [2.45, 2.75) is 13.3 Å². The number of carbonyl (C=O) groups is 2. The first-order valence-corrected chi connectivity index (χ1v) is 9.42.